The molecule has 1 aromatic heterocycles. The summed E-state index contributed by atoms with van der Waals surface area (Å²) < 4.78 is 16.6. The number of fused-ring (bicyclic) bond motifs is 1. The summed E-state index contributed by atoms with van der Waals surface area (Å²) in [7, 11) is 1.41. The zero-order chi connectivity index (χ0) is 29.1. The predicted octanol–water partition coefficient (Wildman–Crippen LogP) is 4.95. The summed E-state index contributed by atoms with van der Waals surface area (Å²) in [5, 5.41) is 17.8. The van der Waals surface area contributed by atoms with Crippen LogP contribution in [0.4, 0.5) is 22.9 Å². The number of ether oxygens (including phenoxy) is 3. The molecular formula is C31H31N5O6. The van der Waals surface area contributed by atoms with E-state index in [0.717, 1.165) is 41.3 Å². The number of rotatable bonds is 8. The van der Waals surface area contributed by atoms with E-state index in [0.29, 0.717) is 61.8 Å². The highest BCUT2D eigenvalue weighted by Crippen LogP contribution is 2.38. The van der Waals surface area contributed by atoms with Gasteiger partial charge in [0, 0.05) is 36.8 Å². The Morgan fingerprint density at radius 1 is 1.05 bits per heavy atom. The van der Waals surface area contributed by atoms with Crippen molar-refractivity contribution >= 4 is 34.4 Å². The maximum absolute atomic E-state index is 13.2. The number of hydrogen-bond acceptors (Lipinski definition) is 9. The van der Waals surface area contributed by atoms with E-state index in [1.54, 1.807) is 18.3 Å². The van der Waals surface area contributed by atoms with Crippen molar-refractivity contribution in [3.8, 4) is 11.5 Å². The van der Waals surface area contributed by atoms with E-state index in [4.69, 9.17) is 14.2 Å². The zero-order valence-corrected chi connectivity index (χ0v) is 23.2. The van der Waals surface area contributed by atoms with E-state index in [1.165, 1.54) is 13.2 Å². The SMILES string of the molecule is COc1cc(C2=CC3=C(CC2)C(=O)Nc2cc(CCOc4ccc(N5CCOCC5)nc4)ccc2N3)ccc1[N+](=O)[O-]. The number of benzene rings is 2. The van der Waals surface area contributed by atoms with Crippen molar-refractivity contribution in [2.24, 2.45) is 0 Å². The molecule has 0 unspecified atom stereocenters. The average Bonchev–Trinajstić information content (AvgIpc) is 3.16. The molecule has 216 valence electrons. The van der Waals surface area contributed by atoms with E-state index in [2.05, 4.69) is 20.5 Å². The van der Waals surface area contributed by atoms with Crippen LogP contribution in [0.15, 0.2) is 72.1 Å². The summed E-state index contributed by atoms with van der Waals surface area (Å²) in [5.74, 6) is 1.69. The summed E-state index contributed by atoms with van der Waals surface area (Å²) >= 11 is 0. The minimum Gasteiger partial charge on any atom is -0.492 e. The first-order valence-electron chi connectivity index (χ1n) is 13.9. The van der Waals surface area contributed by atoms with Gasteiger partial charge in [0.2, 0.25) is 0 Å². The molecule has 0 spiro atoms. The number of nitrogens with one attached hydrogen (secondary N) is 2. The number of allylic oxidation sites excluding steroid dienone is 2. The van der Waals surface area contributed by atoms with Crippen molar-refractivity contribution < 1.29 is 23.9 Å². The van der Waals surface area contributed by atoms with E-state index in [-0.39, 0.29) is 17.3 Å². The Hall–Kier alpha value is -4.90. The van der Waals surface area contributed by atoms with Crippen molar-refractivity contribution in [2.45, 2.75) is 19.3 Å². The first-order valence-corrected chi connectivity index (χ1v) is 13.9. The second kappa shape index (κ2) is 11.9. The third-order valence-electron chi connectivity index (χ3n) is 7.63. The molecule has 3 aliphatic rings. The van der Waals surface area contributed by atoms with Gasteiger partial charge >= 0.3 is 5.69 Å². The fourth-order valence-corrected chi connectivity index (χ4v) is 5.36. The lowest BCUT2D eigenvalue weighted by atomic mass is 9.90. The van der Waals surface area contributed by atoms with Gasteiger partial charge in [-0.15, -0.1) is 0 Å². The molecule has 1 aliphatic carbocycles. The summed E-state index contributed by atoms with van der Waals surface area (Å²) in [4.78, 5) is 30.7. The molecule has 1 saturated heterocycles. The monoisotopic (exact) mass is 569 g/mol. The number of nitro benzene ring substituents is 1. The van der Waals surface area contributed by atoms with Crippen molar-refractivity contribution in [2.75, 3.05) is 55.6 Å². The number of carbonyl (C=O) groups is 1. The largest absolute Gasteiger partial charge is 0.492 e. The molecule has 0 bridgehead atoms. The zero-order valence-electron chi connectivity index (χ0n) is 23.2. The lowest BCUT2D eigenvalue weighted by molar-refractivity contribution is -0.385. The van der Waals surface area contributed by atoms with Gasteiger partial charge in [0.1, 0.15) is 11.6 Å². The molecule has 0 saturated carbocycles. The Morgan fingerprint density at radius 2 is 1.90 bits per heavy atom. The molecule has 1 fully saturated rings. The fourth-order valence-electron chi connectivity index (χ4n) is 5.36. The highest BCUT2D eigenvalue weighted by atomic mass is 16.6. The topological polar surface area (TPSA) is 128 Å². The second-order valence-corrected chi connectivity index (χ2v) is 10.2. The molecule has 11 heteroatoms. The van der Waals surface area contributed by atoms with Crippen LogP contribution >= 0.6 is 0 Å². The quantitative estimate of drug-likeness (QED) is 0.286. The molecule has 2 aromatic carbocycles. The van der Waals surface area contributed by atoms with Gasteiger partial charge in [-0.25, -0.2) is 4.98 Å². The number of anilines is 3. The number of amides is 1. The maximum atomic E-state index is 13.2. The number of hydrogen-bond donors (Lipinski definition) is 2. The van der Waals surface area contributed by atoms with E-state index in [1.807, 2.05) is 36.4 Å². The number of morpholine rings is 1. The van der Waals surface area contributed by atoms with Gasteiger partial charge in [0.15, 0.2) is 5.75 Å². The lowest BCUT2D eigenvalue weighted by Crippen LogP contribution is -2.36. The first kappa shape index (κ1) is 27.3. The van der Waals surface area contributed by atoms with Crippen LogP contribution in [0.1, 0.15) is 24.0 Å². The molecule has 1 amide bonds. The van der Waals surface area contributed by atoms with Gasteiger partial charge in [-0.3, -0.25) is 14.9 Å². The van der Waals surface area contributed by atoms with Crippen LogP contribution in [0.5, 0.6) is 11.5 Å². The van der Waals surface area contributed by atoms with Crippen LogP contribution in [0.25, 0.3) is 5.57 Å². The van der Waals surface area contributed by atoms with Crippen molar-refractivity contribution in [3.05, 3.63) is 93.3 Å². The van der Waals surface area contributed by atoms with Gasteiger partial charge in [-0.1, -0.05) is 6.07 Å². The standard InChI is InChI=1S/C31H31N5O6/c1-40-29-18-22(4-8-28(29)36(38)39)21-3-6-24-26(17-21)33-25-7-2-20(16-27(25)34-31(24)37)10-13-42-23-5-9-30(32-19-23)35-11-14-41-15-12-35/h2,4-5,7-9,16-19,33H,3,6,10-15H2,1H3,(H,34,37). The van der Waals surface area contributed by atoms with Crippen LogP contribution in [0.2, 0.25) is 0 Å². The third kappa shape index (κ3) is 5.77. The van der Waals surface area contributed by atoms with Crippen LogP contribution < -0.4 is 25.0 Å². The number of nitrogens with zero attached hydrogens (tertiary/aromatic N) is 3. The number of nitro groups is 1. The van der Waals surface area contributed by atoms with Crippen LogP contribution in [0.3, 0.4) is 0 Å². The van der Waals surface area contributed by atoms with Crippen LogP contribution in [-0.2, 0) is 16.0 Å². The maximum Gasteiger partial charge on any atom is 0.310 e. The highest BCUT2D eigenvalue weighted by molar-refractivity contribution is 6.09. The Morgan fingerprint density at radius 3 is 2.67 bits per heavy atom. The van der Waals surface area contributed by atoms with Gasteiger partial charge in [0.05, 0.1) is 49.4 Å². The summed E-state index contributed by atoms with van der Waals surface area (Å²) in [5.41, 5.74) is 5.61. The van der Waals surface area contributed by atoms with Crippen molar-refractivity contribution in [3.63, 3.8) is 0 Å². The molecule has 3 heterocycles. The fraction of sp³-hybridized carbons (Fsp3) is 0.290. The number of methoxy groups -OCH3 is 1. The summed E-state index contributed by atoms with van der Waals surface area (Å²) in [6.45, 7) is 3.57. The normalized spacial score (nSPS) is 16.4. The Kier molecular flexibility index (Phi) is 7.74. The molecule has 0 radical (unpaired) electrons. The lowest BCUT2D eigenvalue weighted by Gasteiger charge is -2.27. The average molecular weight is 570 g/mol. The van der Waals surface area contributed by atoms with E-state index < -0.39 is 4.92 Å². The van der Waals surface area contributed by atoms with Gasteiger partial charge in [-0.05, 0) is 72.0 Å². The Bertz CT molecular complexity index is 1580. The highest BCUT2D eigenvalue weighted by Gasteiger charge is 2.26. The van der Waals surface area contributed by atoms with Crippen molar-refractivity contribution in [1.82, 2.24) is 4.98 Å². The molecule has 2 aliphatic heterocycles. The van der Waals surface area contributed by atoms with Gasteiger partial charge < -0.3 is 29.7 Å². The van der Waals surface area contributed by atoms with E-state index >= 15 is 0 Å². The number of aromatic nitrogens is 1. The molecule has 6 rings (SSSR count). The second-order valence-electron chi connectivity index (χ2n) is 10.2. The minimum absolute atomic E-state index is 0.0852. The number of carbonyl (C=O) groups excluding carboxylic acids is 1. The van der Waals surface area contributed by atoms with Crippen molar-refractivity contribution in [1.29, 1.82) is 0 Å². The summed E-state index contributed by atoms with van der Waals surface area (Å²) in [6.07, 6.45) is 5.50. The van der Waals surface area contributed by atoms with Gasteiger partial charge in [-0.2, -0.15) is 0 Å². The molecule has 42 heavy (non-hydrogen) atoms. The van der Waals surface area contributed by atoms with Crippen LogP contribution in [0, 0.1) is 10.1 Å². The minimum atomic E-state index is -0.464. The molecule has 2 N–H and O–H groups in total. The Balaban J connectivity index is 1.12. The molecule has 11 nitrogen and oxygen atoms in total. The molecular weight excluding hydrogens is 538 g/mol. The molecule has 3 aromatic rings. The molecule has 0 atom stereocenters. The first-order chi connectivity index (χ1) is 20.5. The summed E-state index contributed by atoms with van der Waals surface area (Å²) in [6, 6.07) is 14.7. The number of pyridine rings is 1. The predicted molar refractivity (Wildman–Crippen MR) is 159 cm³/mol. The van der Waals surface area contributed by atoms with E-state index in [9.17, 15) is 14.9 Å². The van der Waals surface area contributed by atoms with Crippen LogP contribution in [-0.4, -0.2) is 55.8 Å². The Labute approximate surface area is 242 Å². The van der Waals surface area contributed by atoms with Gasteiger partial charge in [0.25, 0.3) is 5.91 Å². The smallest absolute Gasteiger partial charge is 0.310 e. The third-order valence-corrected chi connectivity index (χ3v) is 7.63.